The fourth-order valence-corrected chi connectivity index (χ4v) is 3.16. The second-order valence-electron chi connectivity index (χ2n) is 5.37. The zero-order valence-corrected chi connectivity index (χ0v) is 10.5. The molecule has 1 unspecified atom stereocenters. The molecule has 2 aliphatic heterocycles. The van der Waals surface area contributed by atoms with Gasteiger partial charge in [0.05, 0.1) is 6.10 Å². The van der Waals surface area contributed by atoms with Crippen LogP contribution < -0.4 is 10.9 Å². The highest BCUT2D eigenvalue weighted by molar-refractivity contribution is 5.05. The molecule has 0 bridgehead atoms. The van der Waals surface area contributed by atoms with E-state index in [0.29, 0.717) is 6.10 Å². The van der Waals surface area contributed by atoms with Crippen molar-refractivity contribution in [3.05, 3.63) is 12.3 Å². The smallest absolute Gasteiger partial charge is 0.216 e. The fourth-order valence-electron chi connectivity index (χ4n) is 3.16. The van der Waals surface area contributed by atoms with Gasteiger partial charge in [-0.1, -0.05) is 19.3 Å². The van der Waals surface area contributed by atoms with E-state index in [-0.39, 0.29) is 5.85 Å². The van der Waals surface area contributed by atoms with Gasteiger partial charge in [-0.25, -0.2) is 0 Å². The van der Waals surface area contributed by atoms with Gasteiger partial charge >= 0.3 is 0 Å². The Morgan fingerprint density at radius 3 is 2.47 bits per heavy atom. The van der Waals surface area contributed by atoms with Gasteiger partial charge in [0.1, 0.15) is 0 Å². The van der Waals surface area contributed by atoms with E-state index in [0.717, 1.165) is 13.1 Å². The molecule has 1 aliphatic carbocycles. The van der Waals surface area contributed by atoms with Gasteiger partial charge < -0.3 is 10.2 Å². The number of ether oxygens (including phenoxy) is 1. The van der Waals surface area contributed by atoms with Crippen molar-refractivity contribution >= 4 is 0 Å². The van der Waals surface area contributed by atoms with E-state index in [4.69, 9.17) is 4.74 Å². The Balaban J connectivity index is 1.68. The van der Waals surface area contributed by atoms with Crippen LogP contribution in [0.3, 0.4) is 0 Å². The molecule has 2 fully saturated rings. The molecule has 0 aromatic carbocycles. The average molecular weight is 237 g/mol. The van der Waals surface area contributed by atoms with Crippen molar-refractivity contribution < 1.29 is 4.74 Å². The summed E-state index contributed by atoms with van der Waals surface area (Å²) in [5, 5.41) is 0. The van der Waals surface area contributed by atoms with Crippen LogP contribution in [0.4, 0.5) is 0 Å². The second kappa shape index (κ2) is 4.96. The maximum absolute atomic E-state index is 6.39. The Morgan fingerprint density at radius 1 is 1.06 bits per heavy atom. The Labute approximate surface area is 103 Å². The summed E-state index contributed by atoms with van der Waals surface area (Å²) in [6, 6.07) is 0. The Kier molecular flexibility index (Phi) is 3.36. The summed E-state index contributed by atoms with van der Waals surface area (Å²) in [7, 11) is 0. The zero-order chi connectivity index (χ0) is 11.6. The maximum Gasteiger partial charge on any atom is 0.216 e. The summed E-state index contributed by atoms with van der Waals surface area (Å²) in [5.41, 5.74) is 6.38. The molecular weight excluding hydrogens is 214 g/mol. The van der Waals surface area contributed by atoms with Crippen LogP contribution in [0, 0.1) is 0 Å². The molecule has 1 saturated carbocycles. The van der Waals surface area contributed by atoms with Crippen molar-refractivity contribution in [2.24, 2.45) is 0 Å². The number of likely N-dealkylation sites (tertiary alicyclic amines) is 1. The van der Waals surface area contributed by atoms with Crippen LogP contribution >= 0.6 is 0 Å². The van der Waals surface area contributed by atoms with Crippen LogP contribution in [-0.4, -0.2) is 29.9 Å². The van der Waals surface area contributed by atoms with Crippen molar-refractivity contribution in [2.75, 3.05) is 13.1 Å². The van der Waals surface area contributed by atoms with E-state index in [1.807, 2.05) is 6.20 Å². The topological polar surface area (TPSA) is 36.5 Å². The summed E-state index contributed by atoms with van der Waals surface area (Å²) in [6.07, 6.45) is 13.5. The summed E-state index contributed by atoms with van der Waals surface area (Å²) in [5.74, 6) is -0.376. The average Bonchev–Trinajstić information content (AvgIpc) is 3.01. The molecule has 0 aromatic rings. The standard InChI is InChI=1S/C13H23N3O/c1-2-6-12(7-3-1)17-13(8-9-14-15-13)16-10-4-5-11-16/h8-9,12,14-15H,1-7,10-11H2. The Morgan fingerprint density at radius 2 is 1.82 bits per heavy atom. The van der Waals surface area contributed by atoms with Gasteiger partial charge in [0, 0.05) is 19.3 Å². The first kappa shape index (κ1) is 11.5. The van der Waals surface area contributed by atoms with Gasteiger partial charge in [-0.2, -0.15) is 5.43 Å². The van der Waals surface area contributed by atoms with Gasteiger partial charge in [-0.15, -0.1) is 0 Å². The first-order valence-corrected chi connectivity index (χ1v) is 7.02. The third kappa shape index (κ3) is 2.34. The highest BCUT2D eigenvalue weighted by atomic mass is 16.5. The monoisotopic (exact) mass is 237 g/mol. The van der Waals surface area contributed by atoms with Gasteiger partial charge in [0.25, 0.3) is 0 Å². The molecule has 2 N–H and O–H groups in total. The molecule has 1 atom stereocenters. The lowest BCUT2D eigenvalue weighted by atomic mass is 9.97. The SMILES string of the molecule is C1=CC(OC2CCCCC2)(N2CCCC2)NN1. The van der Waals surface area contributed by atoms with E-state index in [1.54, 1.807) is 0 Å². The highest BCUT2D eigenvalue weighted by Gasteiger charge is 2.41. The van der Waals surface area contributed by atoms with Crippen LogP contribution in [-0.2, 0) is 4.74 Å². The Bertz CT molecular complexity index is 282. The summed E-state index contributed by atoms with van der Waals surface area (Å²) in [4.78, 5) is 2.41. The summed E-state index contributed by atoms with van der Waals surface area (Å²) < 4.78 is 6.39. The zero-order valence-electron chi connectivity index (χ0n) is 10.5. The van der Waals surface area contributed by atoms with Crippen molar-refractivity contribution in [1.29, 1.82) is 0 Å². The second-order valence-corrected chi connectivity index (χ2v) is 5.37. The lowest BCUT2D eigenvalue weighted by Crippen LogP contribution is -2.60. The van der Waals surface area contributed by atoms with Crippen LogP contribution in [0.5, 0.6) is 0 Å². The lowest BCUT2D eigenvalue weighted by molar-refractivity contribution is -0.174. The third-order valence-corrected chi connectivity index (χ3v) is 4.12. The van der Waals surface area contributed by atoms with Crippen LogP contribution in [0.15, 0.2) is 12.3 Å². The minimum atomic E-state index is -0.376. The van der Waals surface area contributed by atoms with Crippen molar-refractivity contribution in [3.8, 4) is 0 Å². The molecule has 0 aromatic heterocycles. The molecule has 4 nitrogen and oxygen atoms in total. The van der Waals surface area contributed by atoms with Gasteiger partial charge in [0.2, 0.25) is 5.85 Å². The number of nitrogens with zero attached hydrogens (tertiary/aromatic N) is 1. The normalized spacial score (nSPS) is 35.3. The summed E-state index contributed by atoms with van der Waals surface area (Å²) >= 11 is 0. The predicted molar refractivity (Wildman–Crippen MR) is 66.9 cm³/mol. The molecule has 96 valence electrons. The molecule has 0 spiro atoms. The minimum Gasteiger partial charge on any atom is -0.339 e. The van der Waals surface area contributed by atoms with Gasteiger partial charge in [-0.3, -0.25) is 4.90 Å². The van der Waals surface area contributed by atoms with E-state index >= 15 is 0 Å². The van der Waals surface area contributed by atoms with E-state index in [9.17, 15) is 0 Å². The first-order chi connectivity index (χ1) is 8.39. The molecule has 1 saturated heterocycles. The van der Waals surface area contributed by atoms with Crippen LogP contribution in [0.2, 0.25) is 0 Å². The minimum absolute atomic E-state index is 0.376. The predicted octanol–water partition coefficient (Wildman–Crippen LogP) is 1.71. The molecule has 17 heavy (non-hydrogen) atoms. The molecule has 0 radical (unpaired) electrons. The highest BCUT2D eigenvalue weighted by Crippen LogP contribution is 2.29. The maximum atomic E-state index is 6.39. The van der Waals surface area contributed by atoms with Crippen molar-refractivity contribution in [3.63, 3.8) is 0 Å². The molecule has 3 aliphatic rings. The number of rotatable bonds is 3. The quantitative estimate of drug-likeness (QED) is 0.783. The van der Waals surface area contributed by atoms with Crippen LogP contribution in [0.25, 0.3) is 0 Å². The number of hydrazine groups is 1. The van der Waals surface area contributed by atoms with Gasteiger partial charge in [0.15, 0.2) is 0 Å². The lowest BCUT2D eigenvalue weighted by Gasteiger charge is -2.40. The van der Waals surface area contributed by atoms with Crippen molar-refractivity contribution in [2.45, 2.75) is 56.9 Å². The van der Waals surface area contributed by atoms with E-state index < -0.39 is 0 Å². The first-order valence-electron chi connectivity index (χ1n) is 7.02. The molecule has 4 heteroatoms. The Hall–Kier alpha value is -0.580. The third-order valence-electron chi connectivity index (χ3n) is 4.12. The van der Waals surface area contributed by atoms with E-state index in [2.05, 4.69) is 21.8 Å². The molecular formula is C13H23N3O. The molecule has 2 heterocycles. The van der Waals surface area contributed by atoms with Crippen LogP contribution in [0.1, 0.15) is 44.9 Å². The van der Waals surface area contributed by atoms with Crippen molar-refractivity contribution in [1.82, 2.24) is 15.8 Å². The number of hydrogen-bond acceptors (Lipinski definition) is 4. The molecule has 3 rings (SSSR count). The number of nitrogens with one attached hydrogen (secondary N) is 2. The molecule has 0 amide bonds. The summed E-state index contributed by atoms with van der Waals surface area (Å²) in [6.45, 7) is 2.26. The largest absolute Gasteiger partial charge is 0.339 e. The van der Waals surface area contributed by atoms with E-state index in [1.165, 1.54) is 44.9 Å². The fraction of sp³-hybridized carbons (Fsp3) is 0.846. The number of hydrogen-bond donors (Lipinski definition) is 2. The van der Waals surface area contributed by atoms with Gasteiger partial charge in [-0.05, 0) is 31.8 Å².